The van der Waals surface area contributed by atoms with E-state index in [4.69, 9.17) is 5.73 Å². The van der Waals surface area contributed by atoms with Gasteiger partial charge in [0.05, 0.1) is 0 Å². The van der Waals surface area contributed by atoms with Gasteiger partial charge >= 0.3 is 0 Å². The summed E-state index contributed by atoms with van der Waals surface area (Å²) in [6, 6.07) is 7.77. The van der Waals surface area contributed by atoms with Gasteiger partial charge in [0, 0.05) is 25.2 Å². The molecule has 2 rings (SSSR count). The summed E-state index contributed by atoms with van der Waals surface area (Å²) in [7, 11) is 0. The largest absolute Gasteiger partial charge is 0.399 e. The summed E-state index contributed by atoms with van der Waals surface area (Å²) in [5, 5.41) is 0. The van der Waals surface area contributed by atoms with E-state index in [1.165, 1.54) is 0 Å². The number of nitrogen functional groups attached to an aromatic ring is 1. The van der Waals surface area contributed by atoms with E-state index in [1.54, 1.807) is 0 Å². The van der Waals surface area contributed by atoms with Crippen molar-refractivity contribution < 1.29 is 4.79 Å². The number of likely N-dealkylation sites (tertiary alicyclic amines) is 1. The minimum atomic E-state index is 0.275. The molecule has 0 bridgehead atoms. The van der Waals surface area contributed by atoms with E-state index in [0.29, 0.717) is 12.3 Å². The number of amides is 1. The van der Waals surface area contributed by atoms with Gasteiger partial charge in [-0.15, -0.1) is 0 Å². The van der Waals surface area contributed by atoms with Crippen LogP contribution >= 0.6 is 0 Å². The van der Waals surface area contributed by atoms with Crippen LogP contribution in [0.3, 0.4) is 0 Å². The molecule has 0 aromatic heterocycles. The molecule has 0 saturated carbocycles. The Morgan fingerprint density at radius 1 is 1.53 bits per heavy atom. The Morgan fingerprint density at radius 2 is 2.35 bits per heavy atom. The number of carbonyl (C=O) groups is 1. The second-order valence-corrected chi connectivity index (χ2v) is 4.98. The predicted octanol–water partition coefficient (Wildman–Crippen LogP) is 2.07. The van der Waals surface area contributed by atoms with E-state index in [1.807, 2.05) is 29.2 Å². The predicted molar refractivity (Wildman–Crippen MR) is 69.5 cm³/mol. The van der Waals surface area contributed by atoms with Gasteiger partial charge in [0.25, 0.3) is 0 Å². The fourth-order valence-electron chi connectivity index (χ4n) is 2.32. The molecule has 92 valence electrons. The number of nitrogens with zero attached hydrogens (tertiary/aromatic N) is 1. The van der Waals surface area contributed by atoms with Crippen LogP contribution in [0, 0.1) is 5.92 Å². The highest BCUT2D eigenvalue weighted by Gasteiger charge is 2.22. The van der Waals surface area contributed by atoms with E-state index in [-0.39, 0.29) is 5.91 Å². The standard InChI is InChI=1S/C14H20N2O/c1-11-7-8-16(10-11)14(17)6-5-12-3-2-4-13(15)9-12/h2-4,9,11H,5-8,10,15H2,1H3. The van der Waals surface area contributed by atoms with E-state index < -0.39 is 0 Å². The van der Waals surface area contributed by atoms with Gasteiger partial charge < -0.3 is 10.6 Å². The summed E-state index contributed by atoms with van der Waals surface area (Å²) in [5.41, 5.74) is 7.62. The molecule has 0 spiro atoms. The van der Waals surface area contributed by atoms with Crippen LogP contribution in [-0.4, -0.2) is 23.9 Å². The van der Waals surface area contributed by atoms with Crippen LogP contribution in [-0.2, 0) is 11.2 Å². The molecular formula is C14H20N2O. The smallest absolute Gasteiger partial charge is 0.222 e. The molecule has 1 unspecified atom stereocenters. The van der Waals surface area contributed by atoms with Crippen molar-refractivity contribution in [1.29, 1.82) is 0 Å². The van der Waals surface area contributed by atoms with Crippen LogP contribution < -0.4 is 5.73 Å². The Bertz CT molecular complexity index is 403. The van der Waals surface area contributed by atoms with Crippen molar-refractivity contribution in [3.8, 4) is 0 Å². The number of nitrogens with two attached hydrogens (primary N) is 1. The first-order valence-corrected chi connectivity index (χ1v) is 6.27. The fraction of sp³-hybridized carbons (Fsp3) is 0.500. The van der Waals surface area contributed by atoms with Crippen LogP contribution in [0.15, 0.2) is 24.3 Å². The van der Waals surface area contributed by atoms with Crippen molar-refractivity contribution in [2.24, 2.45) is 5.92 Å². The Kier molecular flexibility index (Phi) is 3.67. The number of aryl methyl sites for hydroxylation is 1. The average Bonchev–Trinajstić information content (AvgIpc) is 2.73. The zero-order valence-corrected chi connectivity index (χ0v) is 10.4. The van der Waals surface area contributed by atoms with Crippen molar-refractivity contribution in [1.82, 2.24) is 4.90 Å². The van der Waals surface area contributed by atoms with Crippen LogP contribution in [0.1, 0.15) is 25.3 Å². The van der Waals surface area contributed by atoms with Gasteiger partial charge in [0.15, 0.2) is 0 Å². The third kappa shape index (κ3) is 3.22. The first kappa shape index (κ1) is 12.0. The Balaban J connectivity index is 1.84. The Labute approximate surface area is 103 Å². The molecule has 2 N–H and O–H groups in total. The summed E-state index contributed by atoms with van der Waals surface area (Å²) in [6.07, 6.45) is 2.52. The molecule has 3 heteroatoms. The molecule has 0 radical (unpaired) electrons. The maximum atomic E-state index is 11.9. The highest BCUT2D eigenvalue weighted by atomic mass is 16.2. The molecular weight excluding hydrogens is 212 g/mol. The third-order valence-electron chi connectivity index (χ3n) is 3.36. The lowest BCUT2D eigenvalue weighted by atomic mass is 10.1. The summed E-state index contributed by atoms with van der Waals surface area (Å²) in [6.45, 7) is 4.05. The minimum absolute atomic E-state index is 0.275. The molecule has 1 atom stereocenters. The number of hydrogen-bond donors (Lipinski definition) is 1. The fourth-order valence-corrected chi connectivity index (χ4v) is 2.32. The maximum Gasteiger partial charge on any atom is 0.222 e. The van der Waals surface area contributed by atoms with Crippen molar-refractivity contribution in [3.05, 3.63) is 29.8 Å². The van der Waals surface area contributed by atoms with Crippen molar-refractivity contribution >= 4 is 11.6 Å². The van der Waals surface area contributed by atoms with E-state index in [9.17, 15) is 4.79 Å². The molecule has 1 amide bonds. The molecule has 3 nitrogen and oxygen atoms in total. The lowest BCUT2D eigenvalue weighted by Crippen LogP contribution is -2.28. The molecule has 1 saturated heterocycles. The maximum absolute atomic E-state index is 11.9. The summed E-state index contributed by atoms with van der Waals surface area (Å²) >= 11 is 0. The number of carbonyl (C=O) groups excluding carboxylic acids is 1. The van der Waals surface area contributed by atoms with Gasteiger partial charge in [0.1, 0.15) is 0 Å². The SMILES string of the molecule is CC1CCN(C(=O)CCc2cccc(N)c2)C1. The summed E-state index contributed by atoms with van der Waals surface area (Å²) < 4.78 is 0. The zero-order chi connectivity index (χ0) is 12.3. The summed E-state index contributed by atoms with van der Waals surface area (Å²) in [5.74, 6) is 0.933. The third-order valence-corrected chi connectivity index (χ3v) is 3.36. The van der Waals surface area contributed by atoms with Crippen molar-refractivity contribution in [2.45, 2.75) is 26.2 Å². The highest BCUT2D eigenvalue weighted by molar-refractivity contribution is 5.76. The second-order valence-electron chi connectivity index (χ2n) is 4.98. The van der Waals surface area contributed by atoms with Gasteiger partial charge in [0.2, 0.25) is 5.91 Å². The van der Waals surface area contributed by atoms with Crippen LogP contribution in [0.25, 0.3) is 0 Å². The molecule has 1 heterocycles. The highest BCUT2D eigenvalue weighted by Crippen LogP contribution is 2.17. The molecule has 17 heavy (non-hydrogen) atoms. The van der Waals surface area contributed by atoms with Gasteiger partial charge in [-0.05, 0) is 36.5 Å². The zero-order valence-electron chi connectivity index (χ0n) is 10.4. The molecule has 1 aromatic carbocycles. The molecule has 1 aliphatic heterocycles. The van der Waals surface area contributed by atoms with Crippen molar-refractivity contribution in [2.75, 3.05) is 18.8 Å². The first-order valence-electron chi connectivity index (χ1n) is 6.27. The Hall–Kier alpha value is -1.51. The normalized spacial score (nSPS) is 19.6. The molecule has 1 aromatic rings. The number of hydrogen-bond acceptors (Lipinski definition) is 2. The van der Waals surface area contributed by atoms with Crippen LogP contribution in [0.4, 0.5) is 5.69 Å². The molecule has 1 fully saturated rings. The van der Waals surface area contributed by atoms with E-state index >= 15 is 0 Å². The van der Waals surface area contributed by atoms with Gasteiger partial charge in [-0.3, -0.25) is 4.79 Å². The van der Waals surface area contributed by atoms with Gasteiger partial charge in [-0.1, -0.05) is 19.1 Å². The summed E-state index contributed by atoms with van der Waals surface area (Å²) in [4.78, 5) is 13.9. The topological polar surface area (TPSA) is 46.3 Å². The first-order chi connectivity index (χ1) is 8.15. The van der Waals surface area contributed by atoms with Gasteiger partial charge in [-0.25, -0.2) is 0 Å². The van der Waals surface area contributed by atoms with Crippen LogP contribution in [0.5, 0.6) is 0 Å². The minimum Gasteiger partial charge on any atom is -0.399 e. The number of anilines is 1. The average molecular weight is 232 g/mol. The number of benzene rings is 1. The molecule has 1 aliphatic rings. The lowest BCUT2D eigenvalue weighted by Gasteiger charge is -2.15. The van der Waals surface area contributed by atoms with Crippen LogP contribution in [0.2, 0.25) is 0 Å². The van der Waals surface area contributed by atoms with Crippen molar-refractivity contribution in [3.63, 3.8) is 0 Å². The lowest BCUT2D eigenvalue weighted by molar-refractivity contribution is -0.130. The second kappa shape index (κ2) is 5.21. The van der Waals surface area contributed by atoms with E-state index in [2.05, 4.69) is 6.92 Å². The van der Waals surface area contributed by atoms with Gasteiger partial charge in [-0.2, -0.15) is 0 Å². The van der Waals surface area contributed by atoms with E-state index in [0.717, 1.165) is 37.2 Å². The Morgan fingerprint density at radius 3 is 3.00 bits per heavy atom. The monoisotopic (exact) mass is 232 g/mol. The quantitative estimate of drug-likeness (QED) is 0.811. The number of rotatable bonds is 3. The molecule has 0 aliphatic carbocycles.